The van der Waals surface area contributed by atoms with Crippen molar-refractivity contribution in [2.24, 2.45) is 40.4 Å². The zero-order valence-corrected chi connectivity index (χ0v) is 16.5. The van der Waals surface area contributed by atoms with Gasteiger partial charge >= 0.3 is 0 Å². The Kier molecular flexibility index (Phi) is 4.16. The summed E-state index contributed by atoms with van der Waals surface area (Å²) in [7, 11) is 1.72. The van der Waals surface area contributed by atoms with Crippen LogP contribution in [0.25, 0.3) is 0 Å². The van der Waals surface area contributed by atoms with Crippen LogP contribution < -0.4 is 0 Å². The first kappa shape index (κ1) is 18.0. The molecule has 142 valence electrons. The van der Waals surface area contributed by atoms with Crippen molar-refractivity contribution in [2.75, 3.05) is 13.7 Å². The molecule has 3 heteroatoms. The van der Waals surface area contributed by atoms with Crippen LogP contribution >= 0.6 is 0 Å². The van der Waals surface area contributed by atoms with Gasteiger partial charge in [0.15, 0.2) is 0 Å². The maximum atomic E-state index is 12.3. The smallest absolute Gasteiger partial charge is 0.136 e. The molecular formula is C22H36O3. The summed E-state index contributed by atoms with van der Waals surface area (Å²) in [6.07, 6.45) is 8.75. The van der Waals surface area contributed by atoms with Gasteiger partial charge in [-0.2, -0.15) is 0 Å². The topological polar surface area (TPSA) is 46.5 Å². The van der Waals surface area contributed by atoms with Crippen LogP contribution in [0.3, 0.4) is 0 Å². The molecule has 0 aromatic carbocycles. The fourth-order valence-corrected chi connectivity index (χ4v) is 7.99. The standard InChI is InChI=1S/C22H36O3/c1-14-12-20(2)15(11-19(14)23)5-6-16-17(20)7-9-21(3)18(16)8-10-22(21,24)13-25-4/h14-18,24H,5-13H2,1-4H3/t14-,15-,16-,17+,18-,20+,21+,22-/m1/s1. The molecule has 0 aromatic rings. The molecule has 4 saturated carbocycles. The van der Waals surface area contributed by atoms with Gasteiger partial charge in [0.2, 0.25) is 0 Å². The first-order valence-electron chi connectivity index (χ1n) is 10.5. The molecule has 0 saturated heterocycles. The van der Waals surface area contributed by atoms with E-state index in [0.29, 0.717) is 29.6 Å². The lowest BCUT2D eigenvalue weighted by Crippen LogP contribution is -2.58. The molecule has 0 aliphatic heterocycles. The second kappa shape index (κ2) is 5.79. The normalized spacial score (nSPS) is 55.4. The Labute approximate surface area is 152 Å². The number of ether oxygens (including phenoxy) is 1. The molecule has 0 heterocycles. The minimum Gasteiger partial charge on any atom is -0.387 e. The highest BCUT2D eigenvalue weighted by Crippen LogP contribution is 2.68. The fourth-order valence-electron chi connectivity index (χ4n) is 7.99. The zero-order valence-electron chi connectivity index (χ0n) is 16.5. The van der Waals surface area contributed by atoms with Gasteiger partial charge in [0.1, 0.15) is 5.78 Å². The van der Waals surface area contributed by atoms with Gasteiger partial charge in [-0.25, -0.2) is 0 Å². The first-order chi connectivity index (χ1) is 11.7. The van der Waals surface area contributed by atoms with Gasteiger partial charge in [0.05, 0.1) is 12.2 Å². The molecule has 8 atom stereocenters. The summed E-state index contributed by atoms with van der Waals surface area (Å²) in [4.78, 5) is 12.3. The lowest BCUT2D eigenvalue weighted by atomic mass is 9.44. The number of aliphatic hydroxyl groups is 1. The number of carbonyl (C=O) groups excluding carboxylic acids is 1. The molecule has 4 aliphatic carbocycles. The van der Waals surface area contributed by atoms with Gasteiger partial charge in [0.25, 0.3) is 0 Å². The molecule has 0 radical (unpaired) electrons. The molecule has 25 heavy (non-hydrogen) atoms. The maximum Gasteiger partial charge on any atom is 0.136 e. The van der Waals surface area contributed by atoms with Gasteiger partial charge in [-0.15, -0.1) is 0 Å². The van der Waals surface area contributed by atoms with Crippen LogP contribution in [0.15, 0.2) is 0 Å². The van der Waals surface area contributed by atoms with Gasteiger partial charge in [-0.1, -0.05) is 20.8 Å². The van der Waals surface area contributed by atoms with Crippen LogP contribution in [0.1, 0.15) is 72.1 Å². The Bertz CT molecular complexity index is 559. The van der Waals surface area contributed by atoms with Crippen molar-refractivity contribution in [3.63, 3.8) is 0 Å². The third kappa shape index (κ3) is 2.34. The second-order valence-corrected chi connectivity index (χ2v) is 10.4. The predicted molar refractivity (Wildman–Crippen MR) is 98.1 cm³/mol. The van der Waals surface area contributed by atoms with Gasteiger partial charge in [0, 0.05) is 24.9 Å². The Morgan fingerprint density at radius 1 is 1.12 bits per heavy atom. The predicted octanol–water partition coefficient (Wildman–Crippen LogP) is 4.22. The highest BCUT2D eigenvalue weighted by atomic mass is 16.5. The van der Waals surface area contributed by atoms with E-state index < -0.39 is 5.60 Å². The molecule has 0 spiro atoms. The van der Waals surface area contributed by atoms with Gasteiger partial charge in [-0.05, 0) is 74.0 Å². The van der Waals surface area contributed by atoms with Crippen molar-refractivity contribution in [3.8, 4) is 0 Å². The van der Waals surface area contributed by atoms with Crippen LogP contribution in [0.4, 0.5) is 0 Å². The summed E-state index contributed by atoms with van der Waals surface area (Å²) < 4.78 is 5.42. The van der Waals surface area contributed by atoms with Crippen molar-refractivity contribution in [1.82, 2.24) is 0 Å². The lowest BCUT2D eigenvalue weighted by Gasteiger charge is -2.61. The highest BCUT2D eigenvalue weighted by Gasteiger charge is 2.64. The average molecular weight is 349 g/mol. The summed E-state index contributed by atoms with van der Waals surface area (Å²) in [6.45, 7) is 7.45. The molecule has 4 rings (SSSR count). The number of Topliss-reactive ketones (excluding diaryl/α,β-unsaturated/α-hetero) is 1. The lowest BCUT2D eigenvalue weighted by molar-refractivity contribution is -0.172. The number of carbonyl (C=O) groups is 1. The number of hydrogen-bond acceptors (Lipinski definition) is 3. The molecule has 3 nitrogen and oxygen atoms in total. The fraction of sp³-hybridized carbons (Fsp3) is 0.955. The van der Waals surface area contributed by atoms with E-state index in [-0.39, 0.29) is 11.3 Å². The third-order valence-electron chi connectivity index (χ3n) is 9.51. The maximum absolute atomic E-state index is 12.3. The van der Waals surface area contributed by atoms with E-state index in [0.717, 1.165) is 43.9 Å². The number of hydrogen-bond donors (Lipinski definition) is 1. The average Bonchev–Trinajstić information content (AvgIpc) is 2.81. The summed E-state index contributed by atoms with van der Waals surface area (Å²) in [5.41, 5.74) is -0.312. The summed E-state index contributed by atoms with van der Waals surface area (Å²) >= 11 is 0. The number of rotatable bonds is 2. The van der Waals surface area contributed by atoms with Crippen molar-refractivity contribution in [3.05, 3.63) is 0 Å². The van der Waals surface area contributed by atoms with E-state index in [4.69, 9.17) is 4.74 Å². The van der Waals surface area contributed by atoms with Crippen molar-refractivity contribution in [2.45, 2.75) is 77.7 Å². The van der Waals surface area contributed by atoms with Crippen molar-refractivity contribution < 1.29 is 14.6 Å². The Morgan fingerprint density at radius 2 is 1.84 bits per heavy atom. The first-order valence-corrected chi connectivity index (χ1v) is 10.5. The summed E-state index contributed by atoms with van der Waals surface area (Å²) in [5, 5.41) is 11.3. The molecule has 4 aliphatic rings. The third-order valence-corrected chi connectivity index (χ3v) is 9.51. The minimum absolute atomic E-state index is 0.00345. The molecule has 1 N–H and O–H groups in total. The SMILES string of the molecule is COC[C@]1(O)CC[C@@H]2[C@@H]3CC[C@@H]4CC(=O)[C@H](C)C[C@]4(C)[C@H]3CC[C@@]21C. The Morgan fingerprint density at radius 3 is 2.56 bits per heavy atom. The molecule has 0 aromatic heterocycles. The van der Waals surface area contributed by atoms with Crippen LogP contribution in [0.5, 0.6) is 0 Å². The molecule has 4 fully saturated rings. The number of methoxy groups -OCH3 is 1. The van der Waals surface area contributed by atoms with Gasteiger partial charge in [-0.3, -0.25) is 4.79 Å². The van der Waals surface area contributed by atoms with E-state index in [9.17, 15) is 9.90 Å². The monoisotopic (exact) mass is 348 g/mol. The Hall–Kier alpha value is -0.410. The van der Waals surface area contributed by atoms with Crippen molar-refractivity contribution in [1.29, 1.82) is 0 Å². The number of ketones is 1. The summed E-state index contributed by atoms with van der Waals surface area (Å²) in [5.74, 6) is 3.42. The molecule has 0 bridgehead atoms. The Balaban J connectivity index is 1.63. The van der Waals surface area contributed by atoms with Crippen LogP contribution in [-0.4, -0.2) is 30.2 Å². The van der Waals surface area contributed by atoms with E-state index in [1.54, 1.807) is 7.11 Å². The second-order valence-electron chi connectivity index (χ2n) is 10.4. The van der Waals surface area contributed by atoms with Crippen LogP contribution in [-0.2, 0) is 9.53 Å². The largest absolute Gasteiger partial charge is 0.387 e. The molecule has 0 amide bonds. The summed E-state index contributed by atoms with van der Waals surface area (Å²) in [6, 6.07) is 0. The van der Waals surface area contributed by atoms with Crippen LogP contribution in [0, 0.1) is 40.4 Å². The molecule has 0 unspecified atom stereocenters. The van der Waals surface area contributed by atoms with E-state index in [2.05, 4.69) is 20.8 Å². The van der Waals surface area contributed by atoms with Gasteiger partial charge < -0.3 is 9.84 Å². The molecular weight excluding hydrogens is 312 g/mol. The quantitative estimate of drug-likeness (QED) is 0.812. The van der Waals surface area contributed by atoms with E-state index in [1.165, 1.54) is 19.3 Å². The zero-order chi connectivity index (χ0) is 18.0. The highest BCUT2D eigenvalue weighted by molar-refractivity contribution is 5.82. The van der Waals surface area contributed by atoms with Crippen LogP contribution in [0.2, 0.25) is 0 Å². The van der Waals surface area contributed by atoms with Crippen molar-refractivity contribution >= 4 is 5.78 Å². The number of fused-ring (bicyclic) bond motifs is 5. The van der Waals surface area contributed by atoms with E-state index in [1.807, 2.05) is 0 Å². The minimum atomic E-state index is -0.648. The van der Waals surface area contributed by atoms with E-state index >= 15 is 0 Å².